The number of hydrogen-bond donors (Lipinski definition) is 2. The highest BCUT2D eigenvalue weighted by Gasteiger charge is 2.22. The summed E-state index contributed by atoms with van der Waals surface area (Å²) in [6.45, 7) is -0.531. The zero-order valence-corrected chi connectivity index (χ0v) is 16.6. The number of rotatable bonds is 7. The average molecular weight is 409 g/mol. The van der Waals surface area contributed by atoms with Crippen molar-refractivity contribution in [2.75, 3.05) is 27.9 Å². The highest BCUT2D eigenvalue weighted by atomic mass is 16.5. The maximum Gasteiger partial charge on any atom is 0.342 e. The Morgan fingerprint density at radius 1 is 1.10 bits per heavy atom. The van der Waals surface area contributed by atoms with Crippen LogP contribution in [0.25, 0.3) is 16.6 Å². The van der Waals surface area contributed by atoms with Crippen LogP contribution in [0, 0.1) is 11.3 Å². The van der Waals surface area contributed by atoms with Crippen LogP contribution in [0.1, 0.15) is 16.2 Å². The zero-order valence-electron chi connectivity index (χ0n) is 16.6. The molecule has 0 bridgehead atoms. The number of fused-ring (bicyclic) bond motifs is 1. The number of benzene rings is 2. The standard InChI is InChI=1S/C21H19N3O6/c1-27-17-9-8-12(18(28-2)19(17)29-3)21(26)30-11-16(25)13(10-22)20-23-14-6-4-5-7-15(14)24-20/h4-9,25H,11H2,1-3H3,(H,23,24)/b16-13-. The van der Waals surface area contributed by atoms with Gasteiger partial charge in [-0.1, -0.05) is 12.1 Å². The lowest BCUT2D eigenvalue weighted by molar-refractivity contribution is 0.0498. The van der Waals surface area contributed by atoms with Gasteiger partial charge in [0.2, 0.25) is 5.75 Å². The molecule has 154 valence electrons. The number of para-hydroxylation sites is 2. The summed E-state index contributed by atoms with van der Waals surface area (Å²) in [6, 6.07) is 12.1. The van der Waals surface area contributed by atoms with E-state index in [2.05, 4.69) is 9.97 Å². The number of ether oxygens (including phenoxy) is 4. The lowest BCUT2D eigenvalue weighted by Crippen LogP contribution is -2.11. The zero-order chi connectivity index (χ0) is 21.7. The third-order valence-electron chi connectivity index (χ3n) is 4.29. The third-order valence-corrected chi connectivity index (χ3v) is 4.29. The van der Waals surface area contributed by atoms with Crippen LogP contribution in [0.15, 0.2) is 42.2 Å². The predicted molar refractivity (Wildman–Crippen MR) is 108 cm³/mol. The lowest BCUT2D eigenvalue weighted by Gasteiger charge is -2.15. The fraction of sp³-hybridized carbons (Fsp3) is 0.190. The Morgan fingerprint density at radius 2 is 1.83 bits per heavy atom. The number of H-pyrrole nitrogens is 1. The van der Waals surface area contributed by atoms with Crippen molar-refractivity contribution in [2.45, 2.75) is 0 Å². The molecule has 0 fully saturated rings. The Labute approximate surface area is 172 Å². The molecule has 0 spiro atoms. The van der Waals surface area contributed by atoms with Crippen molar-refractivity contribution in [3.05, 3.63) is 53.5 Å². The second-order valence-corrected chi connectivity index (χ2v) is 5.99. The number of imidazole rings is 1. The van der Waals surface area contributed by atoms with Gasteiger partial charge in [-0.05, 0) is 24.3 Å². The Morgan fingerprint density at radius 3 is 2.47 bits per heavy atom. The Kier molecular flexibility index (Phi) is 6.08. The van der Waals surface area contributed by atoms with Crippen LogP contribution in [-0.4, -0.2) is 49.0 Å². The number of nitrogens with zero attached hydrogens (tertiary/aromatic N) is 2. The molecule has 0 radical (unpaired) electrons. The van der Waals surface area contributed by atoms with E-state index in [0.29, 0.717) is 16.8 Å². The average Bonchev–Trinajstić information content (AvgIpc) is 3.20. The maximum absolute atomic E-state index is 12.5. The predicted octanol–water partition coefficient (Wildman–Crippen LogP) is 3.24. The molecule has 9 nitrogen and oxygen atoms in total. The highest BCUT2D eigenvalue weighted by molar-refractivity contribution is 5.94. The van der Waals surface area contributed by atoms with Gasteiger partial charge in [0.25, 0.3) is 0 Å². The first-order valence-electron chi connectivity index (χ1n) is 8.77. The quantitative estimate of drug-likeness (QED) is 0.346. The number of nitrogens with one attached hydrogen (secondary N) is 1. The van der Waals surface area contributed by atoms with E-state index in [9.17, 15) is 15.2 Å². The van der Waals surface area contributed by atoms with E-state index in [1.807, 2.05) is 12.1 Å². The van der Waals surface area contributed by atoms with Crippen molar-refractivity contribution in [3.8, 4) is 23.3 Å². The highest BCUT2D eigenvalue weighted by Crippen LogP contribution is 2.40. The van der Waals surface area contributed by atoms with Crippen molar-refractivity contribution >= 4 is 22.6 Å². The number of hydrogen-bond acceptors (Lipinski definition) is 8. The number of aromatic amines is 1. The Bertz CT molecular complexity index is 1130. The monoisotopic (exact) mass is 409 g/mol. The molecule has 0 aliphatic heterocycles. The molecular weight excluding hydrogens is 390 g/mol. The van der Waals surface area contributed by atoms with Crippen LogP contribution in [-0.2, 0) is 4.74 Å². The molecular formula is C21H19N3O6. The molecule has 0 aliphatic carbocycles. The number of aromatic nitrogens is 2. The third kappa shape index (κ3) is 3.84. The van der Waals surface area contributed by atoms with Gasteiger partial charge in [-0.2, -0.15) is 5.26 Å². The van der Waals surface area contributed by atoms with Gasteiger partial charge in [0.1, 0.15) is 23.8 Å². The molecule has 2 N–H and O–H groups in total. The fourth-order valence-electron chi connectivity index (χ4n) is 2.87. The van der Waals surface area contributed by atoms with E-state index in [0.717, 1.165) is 0 Å². The minimum Gasteiger partial charge on any atom is -0.507 e. The number of aliphatic hydroxyl groups excluding tert-OH is 1. The first kappa shape index (κ1) is 20.5. The molecule has 3 aromatic rings. The number of carbonyl (C=O) groups excluding carboxylic acids is 1. The molecule has 0 saturated heterocycles. The molecule has 2 aromatic carbocycles. The lowest BCUT2D eigenvalue weighted by atomic mass is 10.1. The van der Waals surface area contributed by atoms with Gasteiger partial charge in [0.15, 0.2) is 23.1 Å². The summed E-state index contributed by atoms with van der Waals surface area (Å²) < 4.78 is 20.9. The van der Waals surface area contributed by atoms with E-state index in [-0.39, 0.29) is 28.5 Å². The van der Waals surface area contributed by atoms with Gasteiger partial charge in [-0.3, -0.25) is 0 Å². The van der Waals surface area contributed by atoms with E-state index in [1.54, 1.807) is 18.2 Å². The number of carbonyl (C=O) groups is 1. The number of nitriles is 1. The first-order chi connectivity index (χ1) is 14.5. The Hall–Kier alpha value is -4.19. The molecule has 0 atom stereocenters. The number of methoxy groups -OCH3 is 3. The molecule has 9 heteroatoms. The van der Waals surface area contributed by atoms with E-state index >= 15 is 0 Å². The van der Waals surface area contributed by atoms with Gasteiger partial charge < -0.3 is 29.0 Å². The van der Waals surface area contributed by atoms with Crippen LogP contribution < -0.4 is 14.2 Å². The minimum atomic E-state index is -0.777. The summed E-state index contributed by atoms with van der Waals surface area (Å²) in [7, 11) is 4.25. The van der Waals surface area contributed by atoms with Gasteiger partial charge in [-0.15, -0.1) is 0 Å². The molecule has 1 aromatic heterocycles. The van der Waals surface area contributed by atoms with Crippen molar-refractivity contribution < 1.29 is 28.8 Å². The van der Waals surface area contributed by atoms with Gasteiger partial charge >= 0.3 is 5.97 Å². The van der Waals surface area contributed by atoms with Crippen LogP contribution in [0.5, 0.6) is 17.2 Å². The second kappa shape index (κ2) is 8.87. The normalized spacial score (nSPS) is 11.4. The van der Waals surface area contributed by atoms with Gasteiger partial charge in [0, 0.05) is 0 Å². The molecule has 3 rings (SSSR count). The summed E-state index contributed by atoms with van der Waals surface area (Å²) in [4.78, 5) is 19.8. The van der Waals surface area contributed by atoms with Gasteiger partial charge in [0.05, 0.1) is 32.4 Å². The molecule has 0 amide bonds. The molecule has 0 saturated carbocycles. The number of allylic oxidation sites excluding steroid dienone is 1. The van der Waals surface area contributed by atoms with Crippen LogP contribution in [0.4, 0.5) is 0 Å². The Balaban J connectivity index is 1.85. The number of esters is 1. The topological polar surface area (TPSA) is 127 Å². The second-order valence-electron chi connectivity index (χ2n) is 5.99. The SMILES string of the molecule is COc1ccc(C(=O)OC/C(O)=C(\C#N)c2nc3ccccc3[nH]2)c(OC)c1OC. The van der Waals surface area contributed by atoms with Crippen molar-refractivity contribution in [3.63, 3.8) is 0 Å². The molecule has 30 heavy (non-hydrogen) atoms. The smallest absolute Gasteiger partial charge is 0.342 e. The summed E-state index contributed by atoms with van der Waals surface area (Å²) in [5.74, 6) is -0.302. The largest absolute Gasteiger partial charge is 0.507 e. The van der Waals surface area contributed by atoms with Crippen LogP contribution in [0.3, 0.4) is 0 Å². The van der Waals surface area contributed by atoms with Crippen LogP contribution in [0.2, 0.25) is 0 Å². The summed E-state index contributed by atoms with van der Waals surface area (Å²) in [5.41, 5.74) is 1.30. The first-order valence-corrected chi connectivity index (χ1v) is 8.77. The summed E-state index contributed by atoms with van der Waals surface area (Å²) >= 11 is 0. The minimum absolute atomic E-state index is 0.0743. The van der Waals surface area contributed by atoms with Crippen LogP contribution >= 0.6 is 0 Å². The van der Waals surface area contributed by atoms with Gasteiger partial charge in [-0.25, -0.2) is 9.78 Å². The van der Waals surface area contributed by atoms with E-state index in [4.69, 9.17) is 18.9 Å². The van der Waals surface area contributed by atoms with E-state index < -0.39 is 18.3 Å². The molecule has 1 heterocycles. The summed E-state index contributed by atoms with van der Waals surface area (Å²) in [5, 5.41) is 19.8. The molecule has 0 aliphatic rings. The maximum atomic E-state index is 12.5. The summed E-state index contributed by atoms with van der Waals surface area (Å²) in [6.07, 6.45) is 0. The number of aliphatic hydroxyl groups is 1. The van der Waals surface area contributed by atoms with Crippen molar-refractivity contribution in [1.82, 2.24) is 9.97 Å². The van der Waals surface area contributed by atoms with Crippen molar-refractivity contribution in [1.29, 1.82) is 5.26 Å². The van der Waals surface area contributed by atoms with E-state index in [1.165, 1.54) is 33.5 Å². The van der Waals surface area contributed by atoms with Crippen molar-refractivity contribution in [2.24, 2.45) is 0 Å². The fourth-order valence-corrected chi connectivity index (χ4v) is 2.87. The molecule has 0 unspecified atom stereocenters.